The summed E-state index contributed by atoms with van der Waals surface area (Å²) in [7, 11) is 0. The van der Waals surface area contributed by atoms with E-state index >= 15 is 0 Å². The van der Waals surface area contributed by atoms with Gasteiger partial charge in [-0.15, -0.1) is 11.3 Å². The molecule has 0 saturated heterocycles. The first-order valence-corrected chi connectivity index (χ1v) is 6.45. The van der Waals surface area contributed by atoms with Crippen molar-refractivity contribution in [3.63, 3.8) is 0 Å². The van der Waals surface area contributed by atoms with Crippen molar-refractivity contribution in [3.05, 3.63) is 58.7 Å². The van der Waals surface area contributed by atoms with Crippen LogP contribution in [0, 0.1) is 0 Å². The van der Waals surface area contributed by atoms with Crippen LogP contribution in [0.15, 0.2) is 48.1 Å². The van der Waals surface area contributed by atoms with Crippen LogP contribution in [0.3, 0.4) is 0 Å². The number of hydrogen-bond donors (Lipinski definition) is 1. The molecule has 0 aliphatic rings. The fraction of sp³-hybridized carbons (Fsp3) is 0.0769. The number of hydrogen-bond acceptors (Lipinski definition) is 3. The van der Waals surface area contributed by atoms with E-state index in [-0.39, 0.29) is 5.91 Å². The van der Waals surface area contributed by atoms with Crippen LogP contribution in [-0.4, -0.2) is 15.3 Å². The number of fused-ring (bicyclic) bond motifs is 1. The minimum absolute atomic E-state index is 0.109. The summed E-state index contributed by atoms with van der Waals surface area (Å²) in [6, 6.07) is 9.62. The van der Waals surface area contributed by atoms with Gasteiger partial charge in [-0.2, -0.15) is 0 Å². The molecule has 0 bridgehead atoms. The van der Waals surface area contributed by atoms with Crippen molar-refractivity contribution >= 4 is 22.9 Å². The van der Waals surface area contributed by atoms with E-state index in [1.165, 1.54) is 0 Å². The summed E-state index contributed by atoms with van der Waals surface area (Å²) in [6.07, 6.45) is 3.43. The third kappa shape index (κ3) is 2.00. The van der Waals surface area contributed by atoms with E-state index in [1.54, 1.807) is 21.9 Å². The number of carbonyl (C=O) groups is 1. The number of aromatic nitrogens is 2. The molecule has 4 nitrogen and oxygen atoms in total. The highest BCUT2D eigenvalue weighted by Gasteiger charge is 2.11. The predicted octanol–water partition coefficient (Wildman–Crippen LogP) is 2.33. The molecule has 0 radical (unpaired) electrons. The Morgan fingerprint density at radius 2 is 2.28 bits per heavy atom. The zero-order valence-electron chi connectivity index (χ0n) is 9.54. The second-order valence-corrected chi connectivity index (χ2v) is 4.87. The maximum Gasteiger partial charge on any atom is 0.270 e. The first-order valence-electron chi connectivity index (χ1n) is 5.57. The Labute approximate surface area is 108 Å². The van der Waals surface area contributed by atoms with Crippen LogP contribution in [0.5, 0.6) is 0 Å². The van der Waals surface area contributed by atoms with E-state index in [0.717, 1.165) is 10.5 Å². The lowest BCUT2D eigenvalue weighted by Gasteiger charge is -2.03. The van der Waals surface area contributed by atoms with E-state index in [9.17, 15) is 4.79 Å². The number of thiophene rings is 1. The fourth-order valence-corrected chi connectivity index (χ4v) is 2.42. The Hall–Kier alpha value is -2.14. The molecule has 5 heteroatoms. The molecule has 3 aromatic rings. The minimum atomic E-state index is -0.109. The van der Waals surface area contributed by atoms with Gasteiger partial charge in [0, 0.05) is 11.1 Å². The molecule has 0 aliphatic carbocycles. The lowest BCUT2D eigenvalue weighted by atomic mass is 10.4. The number of imidazole rings is 1. The summed E-state index contributed by atoms with van der Waals surface area (Å²) >= 11 is 1.63. The van der Waals surface area contributed by atoms with Crippen molar-refractivity contribution in [3.8, 4) is 0 Å². The second kappa shape index (κ2) is 4.62. The maximum absolute atomic E-state index is 12.0. The molecule has 90 valence electrons. The number of amides is 1. The summed E-state index contributed by atoms with van der Waals surface area (Å²) in [5.41, 5.74) is 1.33. The zero-order chi connectivity index (χ0) is 12.4. The molecule has 0 unspecified atom stereocenters. The monoisotopic (exact) mass is 257 g/mol. The van der Waals surface area contributed by atoms with Gasteiger partial charge in [0.15, 0.2) is 0 Å². The normalized spacial score (nSPS) is 10.7. The van der Waals surface area contributed by atoms with Gasteiger partial charge in [-0.25, -0.2) is 4.98 Å². The van der Waals surface area contributed by atoms with Crippen LogP contribution in [-0.2, 0) is 6.54 Å². The van der Waals surface area contributed by atoms with Gasteiger partial charge in [0.2, 0.25) is 0 Å². The van der Waals surface area contributed by atoms with Crippen molar-refractivity contribution in [2.45, 2.75) is 6.54 Å². The second-order valence-electron chi connectivity index (χ2n) is 3.83. The molecule has 0 spiro atoms. The van der Waals surface area contributed by atoms with Gasteiger partial charge in [-0.1, -0.05) is 12.1 Å². The smallest absolute Gasteiger partial charge is 0.270 e. The standard InChI is InChI=1S/C13H11N3OS/c17-13(15-8-10-4-3-7-18-10)11-9-14-12-5-1-2-6-16(11)12/h1-7,9H,8H2,(H,15,17). The number of carbonyl (C=O) groups excluding carboxylic acids is 1. The number of pyridine rings is 1. The van der Waals surface area contributed by atoms with Gasteiger partial charge < -0.3 is 5.32 Å². The molecule has 3 rings (SSSR count). The maximum atomic E-state index is 12.0. The summed E-state index contributed by atoms with van der Waals surface area (Å²) in [5.74, 6) is -0.109. The van der Waals surface area contributed by atoms with Gasteiger partial charge in [0.1, 0.15) is 11.3 Å². The van der Waals surface area contributed by atoms with Crippen molar-refractivity contribution in [1.82, 2.24) is 14.7 Å². The molecule has 0 saturated carbocycles. The third-order valence-corrected chi connectivity index (χ3v) is 3.53. The summed E-state index contributed by atoms with van der Waals surface area (Å²) in [4.78, 5) is 17.4. The van der Waals surface area contributed by atoms with Gasteiger partial charge in [-0.3, -0.25) is 9.20 Å². The molecular formula is C13H11N3OS. The van der Waals surface area contributed by atoms with E-state index in [0.29, 0.717) is 12.2 Å². The Morgan fingerprint density at radius 1 is 1.33 bits per heavy atom. The van der Waals surface area contributed by atoms with Crippen molar-refractivity contribution in [1.29, 1.82) is 0 Å². The summed E-state index contributed by atoms with van der Waals surface area (Å²) in [6.45, 7) is 0.552. The van der Waals surface area contributed by atoms with Gasteiger partial charge in [-0.05, 0) is 23.6 Å². The highest BCUT2D eigenvalue weighted by Crippen LogP contribution is 2.09. The van der Waals surface area contributed by atoms with Gasteiger partial charge in [0.05, 0.1) is 12.7 Å². The molecule has 0 aliphatic heterocycles. The lowest BCUT2D eigenvalue weighted by Crippen LogP contribution is -2.23. The van der Waals surface area contributed by atoms with E-state index in [4.69, 9.17) is 0 Å². The van der Waals surface area contributed by atoms with Crippen LogP contribution in [0.4, 0.5) is 0 Å². The first-order chi connectivity index (χ1) is 8.84. The fourth-order valence-electron chi connectivity index (χ4n) is 1.77. The van der Waals surface area contributed by atoms with E-state index < -0.39 is 0 Å². The Kier molecular flexibility index (Phi) is 2.82. The van der Waals surface area contributed by atoms with Crippen molar-refractivity contribution in [2.75, 3.05) is 0 Å². The van der Waals surface area contributed by atoms with E-state index in [2.05, 4.69) is 10.3 Å². The van der Waals surface area contributed by atoms with Crippen LogP contribution in [0.2, 0.25) is 0 Å². The summed E-state index contributed by atoms with van der Waals surface area (Å²) in [5, 5.41) is 4.89. The number of nitrogens with one attached hydrogen (secondary N) is 1. The SMILES string of the molecule is O=C(NCc1cccs1)c1cnc2ccccn12. The minimum Gasteiger partial charge on any atom is -0.346 e. The van der Waals surface area contributed by atoms with Crippen LogP contribution < -0.4 is 5.32 Å². The molecule has 1 amide bonds. The van der Waals surface area contributed by atoms with Crippen molar-refractivity contribution in [2.24, 2.45) is 0 Å². The zero-order valence-corrected chi connectivity index (χ0v) is 10.4. The van der Waals surface area contributed by atoms with E-state index in [1.807, 2.05) is 41.9 Å². The number of nitrogens with zero attached hydrogens (tertiary/aromatic N) is 2. The first kappa shape index (κ1) is 11.0. The number of rotatable bonds is 3. The van der Waals surface area contributed by atoms with Gasteiger partial charge >= 0.3 is 0 Å². The molecule has 0 fully saturated rings. The highest BCUT2D eigenvalue weighted by atomic mass is 32.1. The largest absolute Gasteiger partial charge is 0.346 e. The van der Waals surface area contributed by atoms with Crippen LogP contribution in [0.25, 0.3) is 5.65 Å². The quantitative estimate of drug-likeness (QED) is 0.782. The molecule has 18 heavy (non-hydrogen) atoms. The molecule has 3 aromatic heterocycles. The Bertz CT molecular complexity index is 672. The van der Waals surface area contributed by atoms with Crippen LogP contribution in [0.1, 0.15) is 15.4 Å². The van der Waals surface area contributed by atoms with Crippen LogP contribution >= 0.6 is 11.3 Å². The highest BCUT2D eigenvalue weighted by molar-refractivity contribution is 7.09. The molecule has 3 heterocycles. The summed E-state index contributed by atoms with van der Waals surface area (Å²) < 4.78 is 1.78. The van der Waals surface area contributed by atoms with Gasteiger partial charge in [0.25, 0.3) is 5.91 Å². The van der Waals surface area contributed by atoms with Crippen molar-refractivity contribution < 1.29 is 4.79 Å². The Morgan fingerprint density at radius 3 is 3.11 bits per heavy atom. The average Bonchev–Trinajstić information content (AvgIpc) is 3.05. The topological polar surface area (TPSA) is 46.4 Å². The molecule has 0 aromatic carbocycles. The predicted molar refractivity (Wildman–Crippen MR) is 70.7 cm³/mol. The average molecular weight is 257 g/mol. The molecular weight excluding hydrogens is 246 g/mol. The molecule has 0 atom stereocenters. The third-order valence-electron chi connectivity index (χ3n) is 2.65. The molecule has 1 N–H and O–H groups in total. The Balaban J connectivity index is 1.80. The lowest BCUT2D eigenvalue weighted by molar-refractivity contribution is 0.0945.